The van der Waals surface area contributed by atoms with Crippen molar-refractivity contribution in [1.29, 1.82) is 0 Å². The van der Waals surface area contributed by atoms with Crippen LogP contribution in [0.1, 0.15) is 55.5 Å². The van der Waals surface area contributed by atoms with Crippen LogP contribution in [-0.2, 0) is 16.6 Å². The van der Waals surface area contributed by atoms with Crippen molar-refractivity contribution in [2.75, 3.05) is 6.54 Å². The quantitative estimate of drug-likeness (QED) is 0.635. The third-order valence-electron chi connectivity index (χ3n) is 5.84. The van der Waals surface area contributed by atoms with Crippen molar-refractivity contribution < 1.29 is 13.7 Å². The maximum absolute atomic E-state index is 12.5. The lowest BCUT2D eigenvalue weighted by atomic mass is 9.69. The number of hydrogen-bond donors (Lipinski definition) is 1. The average Bonchev–Trinajstić information content (AvgIpc) is 3.43. The molecule has 152 valence electrons. The Bertz CT molecular complexity index is 940. The van der Waals surface area contributed by atoms with Gasteiger partial charge in [0.05, 0.1) is 6.26 Å². The van der Waals surface area contributed by atoms with E-state index in [2.05, 4.69) is 46.6 Å². The summed E-state index contributed by atoms with van der Waals surface area (Å²) in [6, 6.07) is 12.3. The number of rotatable bonds is 7. The summed E-state index contributed by atoms with van der Waals surface area (Å²) in [5.41, 5.74) is 2.65. The van der Waals surface area contributed by atoms with Gasteiger partial charge in [-0.15, -0.1) is 0 Å². The van der Waals surface area contributed by atoms with E-state index in [1.54, 1.807) is 18.4 Å². The first-order valence-corrected chi connectivity index (χ1v) is 10.3. The fraction of sp³-hybridized carbons (Fsp3) is 0.435. The molecule has 29 heavy (non-hydrogen) atoms. The van der Waals surface area contributed by atoms with Crippen LogP contribution < -0.4 is 5.32 Å². The average molecular weight is 393 g/mol. The van der Waals surface area contributed by atoms with Gasteiger partial charge in [-0.25, -0.2) is 0 Å². The van der Waals surface area contributed by atoms with E-state index in [0.717, 1.165) is 12.8 Å². The predicted molar refractivity (Wildman–Crippen MR) is 109 cm³/mol. The van der Waals surface area contributed by atoms with Crippen molar-refractivity contribution in [3.8, 4) is 11.6 Å². The first-order valence-electron chi connectivity index (χ1n) is 10.3. The van der Waals surface area contributed by atoms with Gasteiger partial charge >= 0.3 is 0 Å². The second-order valence-electron chi connectivity index (χ2n) is 7.98. The van der Waals surface area contributed by atoms with Gasteiger partial charge in [0.15, 0.2) is 5.76 Å². The summed E-state index contributed by atoms with van der Waals surface area (Å²) in [5.74, 6) is 1.42. The number of hydrogen-bond acceptors (Lipinski definition) is 5. The predicted octanol–water partition coefficient (Wildman–Crippen LogP) is 4.59. The molecule has 0 radical (unpaired) electrons. The maximum atomic E-state index is 12.5. The molecule has 1 fully saturated rings. The minimum Gasteiger partial charge on any atom is -0.461 e. The lowest BCUT2D eigenvalue weighted by Crippen LogP contribution is -2.42. The van der Waals surface area contributed by atoms with E-state index in [1.165, 1.54) is 30.4 Å². The molecule has 1 aliphatic carbocycles. The monoisotopic (exact) mass is 393 g/mol. The molecule has 2 aromatic heterocycles. The van der Waals surface area contributed by atoms with Crippen LogP contribution in [0.5, 0.6) is 0 Å². The van der Waals surface area contributed by atoms with Gasteiger partial charge < -0.3 is 14.3 Å². The molecule has 0 bridgehead atoms. The number of aromatic nitrogens is 2. The molecule has 2 heterocycles. The molecule has 0 spiro atoms. The Hall–Kier alpha value is -2.89. The van der Waals surface area contributed by atoms with Crippen LogP contribution in [-0.4, -0.2) is 22.6 Å². The molecule has 1 N–H and O–H groups in total. The number of furan rings is 1. The van der Waals surface area contributed by atoms with E-state index < -0.39 is 0 Å². The summed E-state index contributed by atoms with van der Waals surface area (Å²) in [5, 5.41) is 7.07. The SMILES string of the molecule is Cc1cccc(C2(CNC(=O)CCc3nc(-c4ccco4)no3)CCCCC2)c1. The fourth-order valence-electron chi connectivity index (χ4n) is 4.21. The number of aryl methyl sites for hydroxylation is 2. The Morgan fingerprint density at radius 3 is 2.79 bits per heavy atom. The van der Waals surface area contributed by atoms with Gasteiger partial charge in [-0.1, -0.05) is 54.2 Å². The Morgan fingerprint density at radius 1 is 1.17 bits per heavy atom. The Balaban J connectivity index is 1.35. The van der Waals surface area contributed by atoms with Gasteiger partial charge in [0, 0.05) is 24.8 Å². The van der Waals surface area contributed by atoms with E-state index >= 15 is 0 Å². The number of carbonyl (C=O) groups excluding carboxylic acids is 1. The van der Waals surface area contributed by atoms with Crippen LogP contribution in [0, 0.1) is 6.92 Å². The van der Waals surface area contributed by atoms with E-state index in [-0.39, 0.29) is 11.3 Å². The maximum Gasteiger partial charge on any atom is 0.238 e. The van der Waals surface area contributed by atoms with Crippen molar-refractivity contribution in [2.24, 2.45) is 0 Å². The summed E-state index contributed by atoms with van der Waals surface area (Å²) in [6.07, 6.45) is 8.23. The standard InChI is InChI=1S/C23H27N3O3/c1-17-7-5-8-18(15-17)23(12-3-2-4-13-23)16-24-20(27)10-11-21-25-22(26-29-21)19-9-6-14-28-19/h5-9,14-15H,2-4,10-13,16H2,1H3,(H,24,27). The second-order valence-corrected chi connectivity index (χ2v) is 7.98. The molecule has 0 atom stereocenters. The van der Waals surface area contributed by atoms with Crippen molar-refractivity contribution in [3.05, 3.63) is 59.7 Å². The topological polar surface area (TPSA) is 81.2 Å². The molecule has 0 saturated heterocycles. The summed E-state index contributed by atoms with van der Waals surface area (Å²) >= 11 is 0. The summed E-state index contributed by atoms with van der Waals surface area (Å²) in [7, 11) is 0. The summed E-state index contributed by atoms with van der Waals surface area (Å²) < 4.78 is 10.5. The smallest absolute Gasteiger partial charge is 0.238 e. The lowest BCUT2D eigenvalue weighted by molar-refractivity contribution is -0.121. The highest BCUT2D eigenvalue weighted by Gasteiger charge is 2.34. The molecule has 0 aliphatic heterocycles. The van der Waals surface area contributed by atoms with Crippen LogP contribution in [0.15, 0.2) is 51.6 Å². The molecule has 1 amide bonds. The number of carbonyl (C=O) groups is 1. The Kier molecular flexibility index (Phi) is 5.79. The van der Waals surface area contributed by atoms with Gasteiger partial charge in [-0.3, -0.25) is 4.79 Å². The van der Waals surface area contributed by atoms with Gasteiger partial charge in [0.1, 0.15) is 0 Å². The molecule has 4 rings (SSSR count). The largest absolute Gasteiger partial charge is 0.461 e. The zero-order valence-corrected chi connectivity index (χ0v) is 16.8. The molecule has 1 aliphatic rings. The number of amides is 1. The van der Waals surface area contributed by atoms with Crippen LogP contribution in [0.25, 0.3) is 11.6 Å². The van der Waals surface area contributed by atoms with Crippen LogP contribution >= 0.6 is 0 Å². The highest BCUT2D eigenvalue weighted by Crippen LogP contribution is 2.39. The minimum absolute atomic E-state index is 0.0142. The van der Waals surface area contributed by atoms with Crippen LogP contribution in [0.2, 0.25) is 0 Å². The lowest BCUT2D eigenvalue weighted by Gasteiger charge is -2.38. The van der Waals surface area contributed by atoms with Gasteiger partial charge in [-0.2, -0.15) is 4.98 Å². The normalized spacial score (nSPS) is 15.9. The van der Waals surface area contributed by atoms with Gasteiger partial charge in [0.2, 0.25) is 17.6 Å². The Morgan fingerprint density at radius 2 is 2.03 bits per heavy atom. The van der Waals surface area contributed by atoms with Crippen molar-refractivity contribution in [3.63, 3.8) is 0 Å². The number of benzene rings is 1. The zero-order valence-electron chi connectivity index (χ0n) is 16.8. The van der Waals surface area contributed by atoms with Crippen LogP contribution in [0.4, 0.5) is 0 Å². The van der Waals surface area contributed by atoms with Gasteiger partial charge in [-0.05, 0) is 37.5 Å². The van der Waals surface area contributed by atoms with E-state index in [1.807, 2.05) is 0 Å². The van der Waals surface area contributed by atoms with Crippen molar-refractivity contribution >= 4 is 5.91 Å². The molecule has 6 heteroatoms. The summed E-state index contributed by atoms with van der Waals surface area (Å²) in [4.78, 5) is 16.8. The summed E-state index contributed by atoms with van der Waals surface area (Å²) in [6.45, 7) is 2.80. The first-order chi connectivity index (χ1) is 14.1. The third kappa shape index (κ3) is 4.58. The highest BCUT2D eigenvalue weighted by molar-refractivity contribution is 5.76. The second kappa shape index (κ2) is 8.64. The van der Waals surface area contributed by atoms with E-state index in [4.69, 9.17) is 8.94 Å². The zero-order chi connectivity index (χ0) is 20.1. The molecule has 1 aromatic carbocycles. The molecular weight excluding hydrogens is 366 g/mol. The Labute approximate surface area is 170 Å². The molecule has 1 saturated carbocycles. The van der Waals surface area contributed by atoms with Crippen molar-refractivity contribution in [1.82, 2.24) is 15.5 Å². The first kappa shape index (κ1) is 19.4. The van der Waals surface area contributed by atoms with E-state index in [0.29, 0.717) is 36.9 Å². The van der Waals surface area contributed by atoms with Crippen LogP contribution in [0.3, 0.4) is 0 Å². The molecule has 0 unspecified atom stereocenters. The number of nitrogens with one attached hydrogen (secondary N) is 1. The number of nitrogens with zero attached hydrogens (tertiary/aromatic N) is 2. The minimum atomic E-state index is 0.0142. The molecule has 6 nitrogen and oxygen atoms in total. The molecule has 3 aromatic rings. The third-order valence-corrected chi connectivity index (χ3v) is 5.84. The van der Waals surface area contributed by atoms with Gasteiger partial charge in [0.25, 0.3) is 0 Å². The molecular formula is C23H27N3O3. The van der Waals surface area contributed by atoms with E-state index in [9.17, 15) is 4.79 Å². The van der Waals surface area contributed by atoms with Crippen molar-refractivity contribution in [2.45, 2.75) is 57.3 Å². The fourth-order valence-corrected chi connectivity index (χ4v) is 4.21. The highest BCUT2D eigenvalue weighted by atomic mass is 16.5.